The van der Waals surface area contributed by atoms with E-state index < -0.39 is 11.6 Å². The molecule has 0 radical (unpaired) electrons. The van der Waals surface area contributed by atoms with Crippen molar-refractivity contribution in [3.63, 3.8) is 0 Å². The van der Waals surface area contributed by atoms with Crippen LogP contribution in [-0.2, 0) is 4.74 Å². The van der Waals surface area contributed by atoms with Gasteiger partial charge in [0.1, 0.15) is 11.6 Å². The van der Waals surface area contributed by atoms with Gasteiger partial charge in [-0.25, -0.2) is 8.78 Å². The Balaban J connectivity index is 2.81. The van der Waals surface area contributed by atoms with Gasteiger partial charge in [-0.3, -0.25) is 0 Å². The summed E-state index contributed by atoms with van der Waals surface area (Å²) in [5.41, 5.74) is 0.439. The van der Waals surface area contributed by atoms with Gasteiger partial charge in [0.05, 0.1) is 18.8 Å². The Morgan fingerprint density at radius 3 is 2.53 bits per heavy atom. The molecule has 1 aromatic carbocycles. The molecule has 1 atom stereocenters. The first-order valence-electron chi connectivity index (χ1n) is 5.84. The number of hydrogen-bond acceptors (Lipinski definition) is 2. The van der Waals surface area contributed by atoms with Crippen LogP contribution in [0.5, 0.6) is 0 Å². The largest absolute Gasteiger partial charge is 0.377 e. The van der Waals surface area contributed by atoms with E-state index in [4.69, 9.17) is 4.74 Å². The van der Waals surface area contributed by atoms with Crippen molar-refractivity contribution in [1.29, 1.82) is 0 Å². The van der Waals surface area contributed by atoms with Gasteiger partial charge >= 0.3 is 0 Å². The summed E-state index contributed by atoms with van der Waals surface area (Å²) in [5, 5.41) is 3.13. The van der Waals surface area contributed by atoms with Crippen molar-refractivity contribution in [2.45, 2.75) is 32.9 Å². The summed E-state index contributed by atoms with van der Waals surface area (Å²) in [6.07, 6.45) is 0.0830. The molecule has 0 aromatic heterocycles. The predicted molar refractivity (Wildman–Crippen MR) is 63.9 cm³/mol. The van der Waals surface area contributed by atoms with E-state index in [1.165, 1.54) is 12.1 Å². The zero-order chi connectivity index (χ0) is 12.8. The lowest BCUT2D eigenvalue weighted by Crippen LogP contribution is -2.27. The number of hydrogen-bond donors (Lipinski definition) is 1. The molecule has 4 heteroatoms. The Hall–Kier alpha value is -1.00. The number of benzene rings is 1. The van der Waals surface area contributed by atoms with E-state index in [0.717, 1.165) is 6.07 Å². The normalized spacial score (nSPS) is 13.1. The molecule has 0 bridgehead atoms. The van der Waals surface area contributed by atoms with E-state index in [2.05, 4.69) is 5.32 Å². The molecule has 17 heavy (non-hydrogen) atoms. The minimum absolute atomic E-state index is 0.0830. The van der Waals surface area contributed by atoms with Crippen molar-refractivity contribution < 1.29 is 13.5 Å². The smallest absolute Gasteiger partial charge is 0.130 e. The average molecular weight is 243 g/mol. The number of rotatable bonds is 6. The van der Waals surface area contributed by atoms with Gasteiger partial charge in [0.25, 0.3) is 0 Å². The highest BCUT2D eigenvalue weighted by atomic mass is 19.1. The zero-order valence-corrected chi connectivity index (χ0v) is 10.5. The lowest BCUT2D eigenvalue weighted by atomic mass is 10.1. The Labute approximate surface area is 101 Å². The lowest BCUT2D eigenvalue weighted by Gasteiger charge is -2.20. The summed E-state index contributed by atoms with van der Waals surface area (Å²) in [5.74, 6) is -1.10. The molecule has 0 aliphatic carbocycles. The number of likely N-dealkylation sites (N-methyl/N-ethyl adjacent to an activating group) is 1. The summed E-state index contributed by atoms with van der Waals surface area (Å²) < 4.78 is 31.9. The van der Waals surface area contributed by atoms with Crippen LogP contribution in [0.25, 0.3) is 0 Å². The Kier molecular flexibility index (Phi) is 5.51. The van der Waals surface area contributed by atoms with Crippen LogP contribution in [0.1, 0.15) is 32.4 Å². The van der Waals surface area contributed by atoms with Crippen LogP contribution >= 0.6 is 0 Å². The average Bonchev–Trinajstić information content (AvgIpc) is 2.24. The van der Waals surface area contributed by atoms with Crippen LogP contribution in [0, 0.1) is 11.6 Å². The molecular formula is C13H19F2NO. The van der Waals surface area contributed by atoms with Crippen molar-refractivity contribution in [2.24, 2.45) is 0 Å². The number of ether oxygens (including phenoxy) is 1. The second-order valence-electron chi connectivity index (χ2n) is 4.16. The van der Waals surface area contributed by atoms with Crippen LogP contribution in [0.15, 0.2) is 18.2 Å². The van der Waals surface area contributed by atoms with Crippen molar-refractivity contribution in [1.82, 2.24) is 5.32 Å². The maximum absolute atomic E-state index is 13.6. The van der Waals surface area contributed by atoms with Gasteiger partial charge in [0, 0.05) is 11.6 Å². The third-order valence-corrected chi connectivity index (χ3v) is 2.38. The molecule has 0 amide bonds. The fraction of sp³-hybridized carbons (Fsp3) is 0.538. The SMILES string of the molecule is CCNC(COC(C)C)c1ccc(F)cc1F. The van der Waals surface area contributed by atoms with Crippen molar-refractivity contribution in [3.8, 4) is 0 Å². The van der Waals surface area contributed by atoms with Crippen LogP contribution in [-0.4, -0.2) is 19.3 Å². The Bertz CT molecular complexity index is 355. The van der Waals surface area contributed by atoms with Gasteiger partial charge in [-0.2, -0.15) is 0 Å². The molecule has 0 heterocycles. The van der Waals surface area contributed by atoms with E-state index in [0.29, 0.717) is 18.7 Å². The van der Waals surface area contributed by atoms with Crippen LogP contribution in [0.3, 0.4) is 0 Å². The second-order valence-corrected chi connectivity index (χ2v) is 4.16. The number of nitrogens with one attached hydrogen (secondary N) is 1. The summed E-state index contributed by atoms with van der Waals surface area (Å²) in [6.45, 7) is 6.84. The lowest BCUT2D eigenvalue weighted by molar-refractivity contribution is 0.0607. The third-order valence-electron chi connectivity index (χ3n) is 2.38. The van der Waals surface area contributed by atoms with E-state index in [-0.39, 0.29) is 12.1 Å². The van der Waals surface area contributed by atoms with Gasteiger partial charge in [-0.05, 0) is 26.5 Å². The first-order valence-corrected chi connectivity index (χ1v) is 5.84. The molecule has 0 aliphatic rings. The van der Waals surface area contributed by atoms with E-state index in [9.17, 15) is 8.78 Å². The van der Waals surface area contributed by atoms with Gasteiger partial charge < -0.3 is 10.1 Å². The maximum Gasteiger partial charge on any atom is 0.130 e. The van der Waals surface area contributed by atoms with E-state index in [1.54, 1.807) is 0 Å². The molecule has 0 fully saturated rings. The molecular weight excluding hydrogens is 224 g/mol. The summed E-state index contributed by atoms with van der Waals surface area (Å²) in [7, 11) is 0. The first-order chi connectivity index (χ1) is 8.04. The molecule has 96 valence electrons. The van der Waals surface area contributed by atoms with Gasteiger partial charge in [0.2, 0.25) is 0 Å². The minimum Gasteiger partial charge on any atom is -0.377 e. The van der Waals surface area contributed by atoms with Crippen molar-refractivity contribution >= 4 is 0 Å². The summed E-state index contributed by atoms with van der Waals surface area (Å²) >= 11 is 0. The fourth-order valence-corrected chi connectivity index (χ4v) is 1.58. The maximum atomic E-state index is 13.6. The van der Waals surface area contributed by atoms with Gasteiger partial charge in [-0.15, -0.1) is 0 Å². The standard InChI is InChI=1S/C13H19F2NO/c1-4-16-13(8-17-9(2)3)11-6-5-10(14)7-12(11)15/h5-7,9,13,16H,4,8H2,1-3H3. The molecule has 1 N–H and O–H groups in total. The highest BCUT2D eigenvalue weighted by Crippen LogP contribution is 2.19. The number of halogens is 2. The Morgan fingerprint density at radius 2 is 2.00 bits per heavy atom. The molecule has 0 aliphatic heterocycles. The molecule has 1 unspecified atom stereocenters. The van der Waals surface area contributed by atoms with Crippen LogP contribution < -0.4 is 5.32 Å². The minimum atomic E-state index is -0.564. The zero-order valence-electron chi connectivity index (χ0n) is 10.5. The second kappa shape index (κ2) is 6.67. The first kappa shape index (κ1) is 14.1. The molecule has 0 saturated heterocycles. The molecule has 0 saturated carbocycles. The monoisotopic (exact) mass is 243 g/mol. The molecule has 2 nitrogen and oxygen atoms in total. The topological polar surface area (TPSA) is 21.3 Å². The highest BCUT2D eigenvalue weighted by Gasteiger charge is 2.16. The van der Waals surface area contributed by atoms with Crippen LogP contribution in [0.4, 0.5) is 8.78 Å². The quantitative estimate of drug-likeness (QED) is 0.829. The highest BCUT2D eigenvalue weighted by molar-refractivity contribution is 5.22. The molecule has 0 spiro atoms. The molecule has 1 aromatic rings. The predicted octanol–water partition coefficient (Wildman–Crippen LogP) is 3.04. The Morgan fingerprint density at radius 1 is 1.29 bits per heavy atom. The van der Waals surface area contributed by atoms with E-state index >= 15 is 0 Å². The summed E-state index contributed by atoms with van der Waals surface area (Å²) in [4.78, 5) is 0. The van der Waals surface area contributed by atoms with Gasteiger partial charge in [0.15, 0.2) is 0 Å². The molecule has 1 rings (SSSR count). The van der Waals surface area contributed by atoms with Crippen molar-refractivity contribution in [3.05, 3.63) is 35.4 Å². The third kappa shape index (κ3) is 4.40. The van der Waals surface area contributed by atoms with Crippen molar-refractivity contribution in [2.75, 3.05) is 13.2 Å². The van der Waals surface area contributed by atoms with E-state index in [1.807, 2.05) is 20.8 Å². The van der Waals surface area contributed by atoms with Gasteiger partial charge in [-0.1, -0.05) is 13.0 Å². The van der Waals surface area contributed by atoms with Crippen LogP contribution in [0.2, 0.25) is 0 Å². The fourth-order valence-electron chi connectivity index (χ4n) is 1.58. The summed E-state index contributed by atoms with van der Waals surface area (Å²) in [6, 6.07) is 3.37.